The number of hydrogen-bond acceptors (Lipinski definition) is 5. The molecule has 1 N–H and O–H groups in total. The van der Waals surface area contributed by atoms with Crippen molar-refractivity contribution in [1.82, 2.24) is 15.2 Å². The van der Waals surface area contributed by atoms with Crippen LogP contribution in [0.3, 0.4) is 0 Å². The highest BCUT2D eigenvalue weighted by molar-refractivity contribution is 5.27. The summed E-state index contributed by atoms with van der Waals surface area (Å²) >= 11 is 0. The molecule has 2 heterocycles. The second kappa shape index (κ2) is 4.10. The zero-order valence-corrected chi connectivity index (χ0v) is 9.32. The Morgan fingerprint density at radius 3 is 2.67 bits per heavy atom. The second-order valence-corrected chi connectivity index (χ2v) is 3.92. The van der Waals surface area contributed by atoms with Crippen LogP contribution in [0.2, 0.25) is 0 Å². The fourth-order valence-corrected chi connectivity index (χ4v) is 1.61. The van der Waals surface area contributed by atoms with Crippen molar-refractivity contribution in [2.75, 3.05) is 11.9 Å². The van der Waals surface area contributed by atoms with Crippen molar-refractivity contribution in [1.29, 1.82) is 0 Å². The Morgan fingerprint density at radius 1 is 1.27 bits per heavy atom. The minimum Gasteiger partial charge on any atom is -0.376 e. The highest BCUT2D eigenvalue weighted by Gasteiger charge is 2.24. The lowest BCUT2D eigenvalue weighted by atomic mass is 10.2. The lowest BCUT2D eigenvalue weighted by Crippen LogP contribution is -2.28. The smallest absolute Gasteiger partial charge is 0.243 e. The Labute approximate surface area is 89.3 Å². The lowest BCUT2D eigenvalue weighted by Gasteiger charge is -2.15. The van der Waals surface area contributed by atoms with Gasteiger partial charge in [-0.1, -0.05) is 0 Å². The standard InChI is InChI=1S/C10H16N4O/c1-6-7(2)13-14-10(11-6)12-9-4-5-15-8(9)3/h8-9H,4-5H2,1-3H3,(H,11,12,14). The molecule has 0 spiro atoms. The van der Waals surface area contributed by atoms with Crippen LogP contribution in [-0.2, 0) is 4.74 Å². The van der Waals surface area contributed by atoms with Crippen LogP contribution in [0.15, 0.2) is 0 Å². The van der Waals surface area contributed by atoms with Gasteiger partial charge in [0, 0.05) is 6.61 Å². The third kappa shape index (κ3) is 2.23. The molecule has 0 saturated carbocycles. The van der Waals surface area contributed by atoms with Crippen LogP contribution in [0.1, 0.15) is 24.7 Å². The van der Waals surface area contributed by atoms with E-state index in [0.717, 1.165) is 24.4 Å². The molecule has 0 aromatic carbocycles. The number of nitrogens with one attached hydrogen (secondary N) is 1. The van der Waals surface area contributed by atoms with Gasteiger partial charge in [0.05, 0.1) is 23.5 Å². The van der Waals surface area contributed by atoms with E-state index in [4.69, 9.17) is 4.74 Å². The van der Waals surface area contributed by atoms with Gasteiger partial charge in [-0.2, -0.15) is 5.10 Å². The van der Waals surface area contributed by atoms with Gasteiger partial charge >= 0.3 is 0 Å². The number of aromatic nitrogens is 3. The van der Waals surface area contributed by atoms with Crippen LogP contribution in [0, 0.1) is 13.8 Å². The fourth-order valence-electron chi connectivity index (χ4n) is 1.61. The maximum Gasteiger partial charge on any atom is 0.243 e. The van der Waals surface area contributed by atoms with E-state index >= 15 is 0 Å². The molecule has 2 atom stereocenters. The number of hydrogen-bond donors (Lipinski definition) is 1. The summed E-state index contributed by atoms with van der Waals surface area (Å²) in [5.74, 6) is 0.598. The molecule has 15 heavy (non-hydrogen) atoms. The SMILES string of the molecule is Cc1nnc(NC2CCOC2C)nc1C. The first kappa shape index (κ1) is 10.3. The summed E-state index contributed by atoms with van der Waals surface area (Å²) in [5, 5.41) is 11.3. The van der Waals surface area contributed by atoms with Crippen LogP contribution in [0.5, 0.6) is 0 Å². The fraction of sp³-hybridized carbons (Fsp3) is 0.700. The van der Waals surface area contributed by atoms with Crippen LogP contribution in [0.4, 0.5) is 5.95 Å². The lowest BCUT2D eigenvalue weighted by molar-refractivity contribution is 0.121. The monoisotopic (exact) mass is 208 g/mol. The van der Waals surface area contributed by atoms with Gasteiger partial charge in [-0.15, -0.1) is 5.10 Å². The Bertz CT molecular complexity index is 355. The average Bonchev–Trinajstić information content (AvgIpc) is 2.59. The minimum absolute atomic E-state index is 0.218. The quantitative estimate of drug-likeness (QED) is 0.788. The van der Waals surface area contributed by atoms with Crippen molar-refractivity contribution < 1.29 is 4.74 Å². The molecule has 1 saturated heterocycles. The van der Waals surface area contributed by atoms with Crippen LogP contribution in [0.25, 0.3) is 0 Å². The number of ether oxygens (including phenoxy) is 1. The molecule has 1 aliphatic heterocycles. The number of aryl methyl sites for hydroxylation is 2. The van der Waals surface area contributed by atoms with Gasteiger partial charge < -0.3 is 10.1 Å². The Morgan fingerprint density at radius 2 is 2.07 bits per heavy atom. The molecule has 2 unspecified atom stereocenters. The summed E-state index contributed by atoms with van der Waals surface area (Å²) < 4.78 is 5.45. The highest BCUT2D eigenvalue weighted by atomic mass is 16.5. The van der Waals surface area contributed by atoms with Crippen molar-refractivity contribution in [2.45, 2.75) is 39.3 Å². The molecule has 5 heteroatoms. The normalized spacial score (nSPS) is 25.5. The van der Waals surface area contributed by atoms with E-state index in [2.05, 4.69) is 27.4 Å². The van der Waals surface area contributed by atoms with Crippen molar-refractivity contribution in [2.24, 2.45) is 0 Å². The van der Waals surface area contributed by atoms with E-state index in [1.807, 2.05) is 13.8 Å². The van der Waals surface area contributed by atoms with E-state index < -0.39 is 0 Å². The predicted molar refractivity (Wildman–Crippen MR) is 56.7 cm³/mol. The molecule has 1 fully saturated rings. The highest BCUT2D eigenvalue weighted by Crippen LogP contribution is 2.16. The second-order valence-electron chi connectivity index (χ2n) is 3.92. The van der Waals surface area contributed by atoms with Gasteiger partial charge in [-0.25, -0.2) is 4.98 Å². The third-order valence-electron chi connectivity index (χ3n) is 2.78. The Kier molecular flexibility index (Phi) is 2.81. The van der Waals surface area contributed by atoms with Gasteiger partial charge in [0.2, 0.25) is 5.95 Å². The Hall–Kier alpha value is -1.23. The van der Waals surface area contributed by atoms with Crippen molar-refractivity contribution >= 4 is 5.95 Å². The van der Waals surface area contributed by atoms with Crippen LogP contribution in [-0.4, -0.2) is 33.9 Å². The molecular formula is C10H16N4O. The van der Waals surface area contributed by atoms with Crippen molar-refractivity contribution in [3.8, 4) is 0 Å². The first-order valence-corrected chi connectivity index (χ1v) is 5.23. The van der Waals surface area contributed by atoms with Crippen LogP contribution >= 0.6 is 0 Å². The van der Waals surface area contributed by atoms with Crippen molar-refractivity contribution in [3.05, 3.63) is 11.4 Å². The summed E-state index contributed by atoms with van der Waals surface area (Å²) in [6.45, 7) is 6.69. The largest absolute Gasteiger partial charge is 0.376 e. The maximum atomic E-state index is 5.45. The van der Waals surface area contributed by atoms with E-state index in [0.29, 0.717) is 12.0 Å². The third-order valence-corrected chi connectivity index (χ3v) is 2.78. The van der Waals surface area contributed by atoms with Gasteiger partial charge in [-0.3, -0.25) is 0 Å². The maximum absolute atomic E-state index is 5.45. The first-order valence-electron chi connectivity index (χ1n) is 5.23. The first-order chi connectivity index (χ1) is 7.16. The molecule has 0 bridgehead atoms. The molecular weight excluding hydrogens is 192 g/mol. The van der Waals surface area contributed by atoms with E-state index in [1.165, 1.54) is 0 Å². The molecule has 0 aliphatic carbocycles. The summed E-state index contributed by atoms with van der Waals surface area (Å²) in [7, 11) is 0. The summed E-state index contributed by atoms with van der Waals surface area (Å²) in [5.41, 5.74) is 1.79. The predicted octanol–water partition coefficient (Wildman–Crippen LogP) is 1.08. The molecule has 5 nitrogen and oxygen atoms in total. The summed E-state index contributed by atoms with van der Waals surface area (Å²) in [6, 6.07) is 0.300. The molecule has 0 amide bonds. The van der Waals surface area contributed by atoms with E-state index in [-0.39, 0.29) is 6.10 Å². The summed E-state index contributed by atoms with van der Waals surface area (Å²) in [4.78, 5) is 4.33. The molecule has 1 aromatic rings. The Balaban J connectivity index is 2.07. The molecule has 1 aliphatic rings. The average molecular weight is 208 g/mol. The minimum atomic E-state index is 0.218. The molecule has 1 aromatic heterocycles. The van der Waals surface area contributed by atoms with Crippen molar-refractivity contribution in [3.63, 3.8) is 0 Å². The molecule has 0 radical (unpaired) electrons. The zero-order chi connectivity index (χ0) is 10.8. The van der Waals surface area contributed by atoms with Gasteiger partial charge in [0.25, 0.3) is 0 Å². The van der Waals surface area contributed by atoms with Gasteiger partial charge in [0.15, 0.2) is 0 Å². The molecule has 2 rings (SSSR count). The number of anilines is 1. The topological polar surface area (TPSA) is 59.9 Å². The zero-order valence-electron chi connectivity index (χ0n) is 9.32. The van der Waals surface area contributed by atoms with Gasteiger partial charge in [-0.05, 0) is 27.2 Å². The summed E-state index contributed by atoms with van der Waals surface area (Å²) in [6.07, 6.45) is 1.22. The number of rotatable bonds is 2. The molecule has 82 valence electrons. The van der Waals surface area contributed by atoms with E-state index in [1.54, 1.807) is 0 Å². The van der Waals surface area contributed by atoms with Gasteiger partial charge in [0.1, 0.15) is 0 Å². The van der Waals surface area contributed by atoms with E-state index in [9.17, 15) is 0 Å². The van der Waals surface area contributed by atoms with Crippen LogP contribution < -0.4 is 5.32 Å². The number of nitrogens with zero attached hydrogens (tertiary/aromatic N) is 3.